The van der Waals surface area contributed by atoms with Crippen LogP contribution in [-0.2, 0) is 14.3 Å². The lowest BCUT2D eigenvalue weighted by molar-refractivity contribution is -0.137. The van der Waals surface area contributed by atoms with Crippen molar-refractivity contribution in [3.63, 3.8) is 0 Å². The zero-order chi connectivity index (χ0) is 23.7. The number of carbonyl (C=O) groups excluding carboxylic acids is 2. The number of benzene rings is 1. The van der Waals surface area contributed by atoms with Crippen LogP contribution in [0.5, 0.6) is 5.75 Å². The molecule has 6 nitrogen and oxygen atoms in total. The van der Waals surface area contributed by atoms with Crippen LogP contribution in [0.15, 0.2) is 35.6 Å². The number of Topliss-reactive ketones (excluding diaryl/α,β-unsaturated/α-hetero) is 1. The molecule has 2 heterocycles. The molecular formula is C27H38N2O4. The summed E-state index contributed by atoms with van der Waals surface area (Å²) < 4.78 is 12.0. The van der Waals surface area contributed by atoms with Crippen LogP contribution in [0.4, 0.5) is 0 Å². The number of rotatable bonds is 8. The molecule has 0 N–H and O–H groups in total. The number of likely N-dealkylation sites (N-methyl/N-ethyl adjacent to an activating group) is 1. The molecular weight excluding hydrogens is 416 g/mol. The molecule has 180 valence electrons. The highest BCUT2D eigenvalue weighted by molar-refractivity contribution is 6.11. The number of fused-ring (bicyclic) bond motifs is 1. The van der Waals surface area contributed by atoms with E-state index in [1.807, 2.05) is 36.1 Å². The second-order valence-electron chi connectivity index (χ2n) is 9.73. The lowest BCUT2D eigenvalue weighted by Gasteiger charge is -2.40. The Balaban J connectivity index is 1.69. The van der Waals surface area contributed by atoms with Crippen LogP contribution in [0.25, 0.3) is 0 Å². The predicted octanol–water partition coefficient (Wildman–Crippen LogP) is 4.21. The first-order chi connectivity index (χ1) is 15.9. The van der Waals surface area contributed by atoms with Gasteiger partial charge >= 0.3 is 0 Å². The normalized spacial score (nSPS) is 29.3. The molecule has 6 heteroatoms. The van der Waals surface area contributed by atoms with Gasteiger partial charge in [0.2, 0.25) is 0 Å². The van der Waals surface area contributed by atoms with E-state index >= 15 is 0 Å². The van der Waals surface area contributed by atoms with E-state index in [1.54, 1.807) is 0 Å². The van der Waals surface area contributed by atoms with Gasteiger partial charge in [-0.2, -0.15) is 0 Å². The first-order valence-corrected chi connectivity index (χ1v) is 12.6. The molecule has 0 aromatic heterocycles. The standard InChI is InChI=1S/C27H38N2O4/c1-6-28(7-2)13-14-29-24(19-9-11-20(12-10-19)32-8-3)23-25(30)21-15-17(4)18(5)16-22(21)33-26(23)27(29)31/h9-12,17-18,21-22,24H,6-8,13-16H2,1-5H3. The van der Waals surface area contributed by atoms with Gasteiger partial charge in [-0.05, 0) is 62.4 Å². The van der Waals surface area contributed by atoms with Gasteiger partial charge in [0.1, 0.15) is 11.9 Å². The van der Waals surface area contributed by atoms with Crippen molar-refractivity contribution in [3.05, 3.63) is 41.2 Å². The molecule has 2 aliphatic heterocycles. The fraction of sp³-hybridized carbons (Fsp3) is 0.630. The van der Waals surface area contributed by atoms with Gasteiger partial charge in [0.05, 0.1) is 24.1 Å². The van der Waals surface area contributed by atoms with Gasteiger partial charge in [-0.3, -0.25) is 9.59 Å². The Bertz CT molecular complexity index is 905. The maximum absolute atomic E-state index is 13.8. The van der Waals surface area contributed by atoms with Crippen molar-refractivity contribution >= 4 is 11.7 Å². The van der Waals surface area contributed by atoms with Gasteiger partial charge in [-0.15, -0.1) is 0 Å². The molecule has 0 spiro atoms. The van der Waals surface area contributed by atoms with Gasteiger partial charge in [-0.25, -0.2) is 0 Å². The van der Waals surface area contributed by atoms with Gasteiger partial charge in [0, 0.05) is 13.1 Å². The summed E-state index contributed by atoms with van der Waals surface area (Å²) in [5.41, 5.74) is 1.50. The summed E-state index contributed by atoms with van der Waals surface area (Å²) >= 11 is 0. The van der Waals surface area contributed by atoms with Crippen LogP contribution in [0.1, 0.15) is 59.1 Å². The molecule has 0 bridgehead atoms. The van der Waals surface area contributed by atoms with E-state index in [1.165, 1.54) is 0 Å². The summed E-state index contributed by atoms with van der Waals surface area (Å²) in [6, 6.07) is 7.40. The highest BCUT2D eigenvalue weighted by atomic mass is 16.5. The van der Waals surface area contributed by atoms with Crippen molar-refractivity contribution in [2.24, 2.45) is 17.8 Å². The van der Waals surface area contributed by atoms with E-state index in [2.05, 4.69) is 32.6 Å². The topological polar surface area (TPSA) is 59.1 Å². The number of amides is 1. The Hall–Kier alpha value is -2.34. The second kappa shape index (κ2) is 9.88. The molecule has 1 amide bonds. The number of hydrogen-bond acceptors (Lipinski definition) is 5. The summed E-state index contributed by atoms with van der Waals surface area (Å²) in [4.78, 5) is 31.6. The first kappa shape index (κ1) is 23.8. The predicted molar refractivity (Wildman–Crippen MR) is 128 cm³/mol. The largest absolute Gasteiger partial charge is 0.494 e. The van der Waals surface area contributed by atoms with Crippen LogP contribution >= 0.6 is 0 Å². The Kier molecular flexibility index (Phi) is 7.13. The van der Waals surface area contributed by atoms with Gasteiger partial charge < -0.3 is 19.3 Å². The fourth-order valence-corrected chi connectivity index (χ4v) is 5.59. The third-order valence-electron chi connectivity index (χ3n) is 7.86. The number of ether oxygens (including phenoxy) is 2. The van der Waals surface area contributed by atoms with Crippen LogP contribution in [0, 0.1) is 17.8 Å². The maximum Gasteiger partial charge on any atom is 0.290 e. The molecule has 1 aromatic carbocycles. The average Bonchev–Trinajstić information content (AvgIpc) is 3.09. The third-order valence-corrected chi connectivity index (χ3v) is 7.86. The Morgan fingerprint density at radius 2 is 1.70 bits per heavy atom. The van der Waals surface area contributed by atoms with Crippen molar-refractivity contribution in [2.45, 2.75) is 59.6 Å². The molecule has 5 atom stereocenters. The number of carbonyl (C=O) groups is 2. The Morgan fingerprint density at radius 1 is 1.03 bits per heavy atom. The van der Waals surface area contributed by atoms with Crippen molar-refractivity contribution in [2.75, 3.05) is 32.8 Å². The third kappa shape index (κ3) is 4.42. The molecule has 1 aliphatic carbocycles. The quantitative estimate of drug-likeness (QED) is 0.589. The highest BCUT2D eigenvalue weighted by Crippen LogP contribution is 2.48. The zero-order valence-corrected chi connectivity index (χ0v) is 20.7. The van der Waals surface area contributed by atoms with E-state index in [-0.39, 0.29) is 23.7 Å². The number of hydrogen-bond donors (Lipinski definition) is 0. The second-order valence-corrected chi connectivity index (χ2v) is 9.73. The van der Waals surface area contributed by atoms with Gasteiger partial charge in [0.15, 0.2) is 11.5 Å². The molecule has 0 radical (unpaired) electrons. The molecule has 1 fully saturated rings. The molecule has 4 rings (SSSR count). The summed E-state index contributed by atoms with van der Waals surface area (Å²) in [7, 11) is 0. The summed E-state index contributed by atoms with van der Waals surface area (Å²) in [6.07, 6.45) is 1.47. The van der Waals surface area contributed by atoms with Crippen molar-refractivity contribution in [1.82, 2.24) is 9.80 Å². The Labute approximate surface area is 197 Å². The van der Waals surface area contributed by atoms with Crippen LogP contribution in [-0.4, -0.2) is 60.4 Å². The summed E-state index contributed by atoms with van der Waals surface area (Å²) in [5, 5.41) is 0. The minimum absolute atomic E-state index is 0.109. The minimum atomic E-state index is -0.401. The molecule has 0 saturated heterocycles. The fourth-order valence-electron chi connectivity index (χ4n) is 5.59. The average molecular weight is 455 g/mol. The van der Waals surface area contributed by atoms with Gasteiger partial charge in [-0.1, -0.05) is 39.8 Å². The van der Waals surface area contributed by atoms with Gasteiger partial charge in [0.25, 0.3) is 5.91 Å². The summed E-state index contributed by atoms with van der Waals surface area (Å²) in [6.45, 7) is 14.4. The minimum Gasteiger partial charge on any atom is -0.494 e. The van der Waals surface area contributed by atoms with Crippen LogP contribution < -0.4 is 4.74 Å². The lowest BCUT2D eigenvalue weighted by atomic mass is 9.70. The van der Waals surface area contributed by atoms with E-state index < -0.39 is 6.04 Å². The van der Waals surface area contributed by atoms with Crippen molar-refractivity contribution in [3.8, 4) is 5.75 Å². The van der Waals surface area contributed by atoms with Crippen molar-refractivity contribution < 1.29 is 19.1 Å². The van der Waals surface area contributed by atoms with E-state index in [9.17, 15) is 9.59 Å². The number of nitrogens with zero attached hydrogens (tertiary/aromatic N) is 2. The molecule has 5 unspecified atom stereocenters. The SMILES string of the molecule is CCOc1ccc(C2C3=C(OC4CC(C)C(C)CC4C3=O)C(=O)N2CCN(CC)CC)cc1. The molecule has 1 aromatic rings. The lowest BCUT2D eigenvalue weighted by Crippen LogP contribution is -2.43. The van der Waals surface area contributed by atoms with E-state index in [0.717, 1.165) is 43.8 Å². The first-order valence-electron chi connectivity index (χ1n) is 12.6. The molecule has 1 saturated carbocycles. The Morgan fingerprint density at radius 3 is 2.33 bits per heavy atom. The zero-order valence-electron chi connectivity index (χ0n) is 20.7. The highest BCUT2D eigenvalue weighted by Gasteiger charge is 2.53. The van der Waals surface area contributed by atoms with Crippen molar-refractivity contribution in [1.29, 1.82) is 0 Å². The van der Waals surface area contributed by atoms with Crippen LogP contribution in [0.3, 0.4) is 0 Å². The smallest absolute Gasteiger partial charge is 0.290 e. The number of ketones is 1. The molecule has 33 heavy (non-hydrogen) atoms. The van der Waals surface area contributed by atoms with Crippen LogP contribution in [0.2, 0.25) is 0 Å². The summed E-state index contributed by atoms with van der Waals surface area (Å²) in [5.74, 6) is 1.85. The molecule has 3 aliphatic rings. The van der Waals surface area contributed by atoms with E-state index in [4.69, 9.17) is 9.47 Å². The monoisotopic (exact) mass is 454 g/mol. The van der Waals surface area contributed by atoms with E-state index in [0.29, 0.717) is 36.3 Å². The maximum atomic E-state index is 13.8.